The van der Waals surface area contributed by atoms with Gasteiger partial charge in [-0.2, -0.15) is 0 Å². The summed E-state index contributed by atoms with van der Waals surface area (Å²) in [6, 6.07) is 184. The summed E-state index contributed by atoms with van der Waals surface area (Å²) in [6.45, 7) is 0. The molecular formula is C132H87N9. The topological polar surface area (TPSA) is 44.4 Å². The van der Waals surface area contributed by atoms with Crippen LogP contribution in [0.4, 0.5) is 0 Å². The van der Waals surface area contributed by atoms with Crippen molar-refractivity contribution in [1.82, 2.24) is 41.1 Å². The van der Waals surface area contributed by atoms with Crippen molar-refractivity contribution in [1.29, 1.82) is 0 Å². The van der Waals surface area contributed by atoms with Crippen molar-refractivity contribution in [3.05, 3.63) is 528 Å². The van der Waals surface area contributed by atoms with Gasteiger partial charge in [0, 0.05) is 151 Å². The summed E-state index contributed by atoms with van der Waals surface area (Å²) in [7, 11) is 0. The van der Waals surface area contributed by atoms with Gasteiger partial charge < -0.3 is 41.1 Å². The Kier molecular flexibility index (Phi) is 18.8. The fourth-order valence-corrected chi connectivity index (χ4v) is 22.7. The second kappa shape index (κ2) is 33.0. The second-order valence-corrected chi connectivity index (χ2v) is 36.7. The summed E-state index contributed by atoms with van der Waals surface area (Å²) in [6.07, 6.45) is 6.57. The quantitative estimate of drug-likeness (QED) is 0.117. The third-order valence-corrected chi connectivity index (χ3v) is 29.0. The molecule has 0 saturated carbocycles. The number of hydrogen-bond donors (Lipinski definition) is 0. The number of nitrogens with zero attached hydrogens (tertiary/aromatic N) is 9. The third kappa shape index (κ3) is 13.1. The molecule has 21 aromatic carbocycles. The number of para-hydroxylation sites is 9. The maximum atomic E-state index is 2.42. The minimum absolute atomic E-state index is 1.13. The monoisotopic (exact) mass is 1800 g/mol. The van der Waals surface area contributed by atoms with Crippen LogP contribution in [-0.4, -0.2) is 41.1 Å². The zero-order valence-corrected chi connectivity index (χ0v) is 76.8. The number of rotatable bonds is 12. The van der Waals surface area contributed by atoms with Gasteiger partial charge in [-0.15, -0.1) is 0 Å². The van der Waals surface area contributed by atoms with Gasteiger partial charge in [-0.25, -0.2) is 0 Å². The summed E-state index contributed by atoms with van der Waals surface area (Å²) in [5.41, 5.74) is 35.9. The smallest absolute Gasteiger partial charge is 0.0628 e. The molecule has 0 bridgehead atoms. The van der Waals surface area contributed by atoms with Crippen molar-refractivity contribution in [2.75, 3.05) is 0 Å². The van der Waals surface area contributed by atoms with E-state index in [1.807, 2.05) is 0 Å². The molecule has 141 heavy (non-hydrogen) atoms. The molecule has 0 aliphatic rings. The molecule has 0 radical (unpaired) electrons. The first-order chi connectivity index (χ1) is 70.0. The van der Waals surface area contributed by atoms with Gasteiger partial charge in [0.25, 0.3) is 0 Å². The molecule has 9 nitrogen and oxygen atoms in total. The van der Waals surface area contributed by atoms with E-state index in [4.69, 9.17) is 0 Å². The standard InChI is InChI=1S/C50H33N3.C44H29N3.C38H25N3/c1-4-12-34(13-5-1)37-21-27-46-43(32-37)44-33-38(35-14-6-2-7-15-35)22-28-47(44)52(46)40-23-25-41(26-24-40)53-45-19-11-10-18-42(45)49-48(53)29-20-36-30-31-51(50(36)49)39-16-8-3-9-17-39;1-3-11-30(12-4-1)32-20-25-41-38(29-32)36-15-7-9-17-39(36)46(41)34-21-23-35(24-22-34)47-40-18-10-8-16-37(40)43-42(47)26-19-31-27-28-45(44(31)43)33-13-5-2-6-14-33;1-2-10-27(11-3-1)39-25-24-26-18-23-36-37(38(26)39)32-14-6-9-17-35(32)41(36)29-21-19-28(20-22-29)40-33-15-7-4-12-30(33)31-13-5-8-16-34(31)40/h1-33H;1-29H;1-25H. The summed E-state index contributed by atoms with van der Waals surface area (Å²) < 4.78 is 21.4. The van der Waals surface area contributed by atoms with Crippen molar-refractivity contribution in [3.8, 4) is 84.6 Å². The molecule has 0 amide bonds. The minimum Gasteiger partial charge on any atom is -0.316 e. The van der Waals surface area contributed by atoms with E-state index >= 15 is 0 Å². The van der Waals surface area contributed by atoms with E-state index in [2.05, 4.69) is 569 Å². The highest BCUT2D eigenvalue weighted by Gasteiger charge is 2.25. The zero-order valence-electron chi connectivity index (χ0n) is 76.8. The van der Waals surface area contributed by atoms with Crippen LogP contribution in [-0.2, 0) is 0 Å². The Morgan fingerprint density at radius 1 is 0.113 bits per heavy atom. The summed E-state index contributed by atoms with van der Waals surface area (Å²) in [5.74, 6) is 0. The fourth-order valence-electron chi connectivity index (χ4n) is 22.7. The molecule has 9 heterocycles. The molecule has 660 valence electrons. The molecule has 9 heteroatoms. The Labute approximate surface area is 811 Å². The van der Waals surface area contributed by atoms with Crippen LogP contribution in [0.1, 0.15) is 0 Å². The predicted molar refractivity (Wildman–Crippen MR) is 592 cm³/mol. The van der Waals surface area contributed by atoms with Crippen LogP contribution in [0.5, 0.6) is 0 Å². The molecule has 0 spiro atoms. The highest BCUT2D eigenvalue weighted by molar-refractivity contribution is 6.24. The van der Waals surface area contributed by atoms with Crippen LogP contribution < -0.4 is 0 Å². The predicted octanol–water partition coefficient (Wildman–Crippen LogP) is 34.5. The van der Waals surface area contributed by atoms with Crippen molar-refractivity contribution < 1.29 is 0 Å². The number of fused-ring (bicyclic) bond motifs is 24. The van der Waals surface area contributed by atoms with Crippen molar-refractivity contribution in [2.24, 2.45) is 0 Å². The maximum Gasteiger partial charge on any atom is 0.0628 e. The van der Waals surface area contributed by atoms with Gasteiger partial charge >= 0.3 is 0 Å². The Bertz CT molecular complexity index is 9980. The largest absolute Gasteiger partial charge is 0.316 e. The van der Waals surface area contributed by atoms with E-state index in [0.717, 1.165) is 39.8 Å². The van der Waals surface area contributed by atoms with Gasteiger partial charge in [0.1, 0.15) is 0 Å². The third-order valence-electron chi connectivity index (χ3n) is 29.0. The Hall–Kier alpha value is -19.0. The fraction of sp³-hybridized carbons (Fsp3) is 0. The molecule has 0 atom stereocenters. The molecule has 9 aromatic heterocycles. The van der Waals surface area contributed by atoms with E-state index in [0.29, 0.717) is 0 Å². The van der Waals surface area contributed by atoms with Crippen molar-refractivity contribution >= 4 is 164 Å². The Morgan fingerprint density at radius 2 is 0.305 bits per heavy atom. The van der Waals surface area contributed by atoms with Crippen LogP contribution in [0.15, 0.2) is 528 Å². The summed E-state index contributed by atoms with van der Waals surface area (Å²) in [4.78, 5) is 0. The van der Waals surface area contributed by atoms with Gasteiger partial charge in [0.15, 0.2) is 0 Å². The first-order valence-corrected chi connectivity index (χ1v) is 48.3. The first-order valence-electron chi connectivity index (χ1n) is 48.3. The lowest BCUT2D eigenvalue weighted by Crippen LogP contribution is -1.97. The van der Waals surface area contributed by atoms with Crippen LogP contribution in [0.25, 0.3) is 248 Å². The lowest BCUT2D eigenvalue weighted by molar-refractivity contribution is 1.13. The number of benzene rings is 21. The van der Waals surface area contributed by atoms with E-state index in [1.54, 1.807) is 0 Å². The van der Waals surface area contributed by atoms with Gasteiger partial charge in [-0.1, -0.05) is 291 Å². The Morgan fingerprint density at radius 3 is 0.567 bits per heavy atom. The van der Waals surface area contributed by atoms with Crippen LogP contribution >= 0.6 is 0 Å². The van der Waals surface area contributed by atoms with Crippen LogP contribution in [0, 0.1) is 0 Å². The van der Waals surface area contributed by atoms with E-state index in [1.165, 1.54) is 208 Å². The highest BCUT2D eigenvalue weighted by atomic mass is 15.1. The van der Waals surface area contributed by atoms with Crippen molar-refractivity contribution in [2.45, 2.75) is 0 Å². The molecule has 0 aliphatic heterocycles. The molecule has 30 rings (SSSR count). The first kappa shape index (κ1) is 80.5. The molecule has 30 aromatic rings. The normalized spacial score (nSPS) is 11.8. The van der Waals surface area contributed by atoms with Crippen LogP contribution in [0.2, 0.25) is 0 Å². The van der Waals surface area contributed by atoms with Crippen molar-refractivity contribution in [3.63, 3.8) is 0 Å². The number of hydrogen-bond acceptors (Lipinski definition) is 0. The zero-order chi connectivity index (χ0) is 92.7. The lowest BCUT2D eigenvalue weighted by atomic mass is 10.0. The van der Waals surface area contributed by atoms with E-state index in [-0.39, 0.29) is 0 Å². The van der Waals surface area contributed by atoms with Gasteiger partial charge in [-0.05, 0) is 252 Å². The van der Waals surface area contributed by atoms with Gasteiger partial charge in [0.05, 0.1) is 82.8 Å². The average molecular weight is 1800 g/mol. The SMILES string of the molecule is c1ccc(-c2ccc3c(c2)c2cc(-c4ccccc4)ccc2n3-c2ccc(-n3c4ccccc4c4c5c(ccc43)ccn5-c3ccccc3)cc2)cc1.c1ccc(-c2ccc3c(c2)c2ccccc2n3-c2ccc(-n3c4ccccc4c4c5c(ccc43)ccn5-c3ccccc3)cc2)cc1.c1ccc(-n2ccc3ccc4c(c5ccccc5n4-c4ccc(-n5c6ccccc6c6ccccc65)cc4)c32)cc1. The minimum atomic E-state index is 1.13. The summed E-state index contributed by atoms with van der Waals surface area (Å²) >= 11 is 0. The average Bonchev–Trinajstić information content (AvgIpc) is 1.57. The molecular weight excluding hydrogens is 1710 g/mol. The Balaban J connectivity index is 0.000000104. The second-order valence-electron chi connectivity index (χ2n) is 36.7. The molecule has 0 N–H and O–H groups in total. The molecule has 0 aliphatic carbocycles. The molecule has 0 unspecified atom stereocenters. The summed E-state index contributed by atoms with van der Waals surface area (Å²) in [5, 5.41) is 18.9. The van der Waals surface area contributed by atoms with Gasteiger partial charge in [-0.3, -0.25) is 0 Å². The van der Waals surface area contributed by atoms with Gasteiger partial charge in [0.2, 0.25) is 0 Å². The van der Waals surface area contributed by atoms with E-state index in [9.17, 15) is 0 Å². The molecule has 0 fully saturated rings. The highest BCUT2D eigenvalue weighted by Crippen LogP contribution is 2.47. The van der Waals surface area contributed by atoms with E-state index < -0.39 is 0 Å². The molecule has 0 saturated heterocycles. The lowest BCUT2D eigenvalue weighted by Gasteiger charge is -2.12. The maximum absolute atomic E-state index is 2.42. The number of aromatic nitrogens is 9. The van der Waals surface area contributed by atoms with Crippen LogP contribution in [0.3, 0.4) is 0 Å².